The molecular formula is C15H19F2NO4S. The maximum absolute atomic E-state index is 12.8. The summed E-state index contributed by atoms with van der Waals surface area (Å²) in [5.74, 6) is -3.92. The third-order valence-electron chi connectivity index (χ3n) is 3.59. The van der Waals surface area contributed by atoms with E-state index in [2.05, 4.69) is 0 Å². The van der Waals surface area contributed by atoms with E-state index in [0.717, 1.165) is 18.3 Å². The van der Waals surface area contributed by atoms with E-state index in [1.807, 2.05) is 0 Å². The number of carboxylic acids is 1. The second-order valence-corrected chi connectivity index (χ2v) is 6.67. The van der Waals surface area contributed by atoms with E-state index in [-0.39, 0.29) is 23.3 Å². The van der Waals surface area contributed by atoms with Gasteiger partial charge in [-0.05, 0) is 29.9 Å². The monoisotopic (exact) mass is 347 g/mol. The van der Waals surface area contributed by atoms with Crippen LogP contribution in [0.5, 0.6) is 0 Å². The van der Waals surface area contributed by atoms with Crippen LogP contribution in [0.3, 0.4) is 0 Å². The van der Waals surface area contributed by atoms with Gasteiger partial charge >= 0.3 is 5.97 Å². The zero-order valence-electron chi connectivity index (χ0n) is 12.8. The number of amides is 1. The Kier molecular flexibility index (Phi) is 5.69. The van der Waals surface area contributed by atoms with E-state index in [0.29, 0.717) is 31.5 Å². The van der Waals surface area contributed by atoms with Gasteiger partial charge in [0, 0.05) is 20.0 Å². The molecule has 0 spiro atoms. The summed E-state index contributed by atoms with van der Waals surface area (Å²) in [5.41, 5.74) is 0.682. The highest BCUT2D eigenvalue weighted by Gasteiger charge is 2.27. The Hall–Kier alpha value is -1.54. The quantitative estimate of drug-likeness (QED) is 0.859. The standard InChI is InChI=1S/C15H19F2NO4S/c1-15(16,17)9-22-11-2-4-18(5-3-11)13(19)7-10-6-12(14(20)21)23-8-10/h6,8,11H,2-5,7,9H2,1H3,(H,20,21). The maximum atomic E-state index is 12.8. The van der Waals surface area contributed by atoms with Crippen molar-refractivity contribution >= 4 is 23.2 Å². The molecule has 23 heavy (non-hydrogen) atoms. The van der Waals surface area contributed by atoms with Gasteiger partial charge in [0.2, 0.25) is 5.91 Å². The van der Waals surface area contributed by atoms with Crippen molar-refractivity contribution in [1.29, 1.82) is 0 Å². The lowest BCUT2D eigenvalue weighted by atomic mass is 10.1. The first-order valence-corrected chi connectivity index (χ1v) is 8.20. The molecule has 1 aromatic heterocycles. The lowest BCUT2D eigenvalue weighted by Gasteiger charge is -2.32. The summed E-state index contributed by atoms with van der Waals surface area (Å²) in [4.78, 5) is 24.9. The molecule has 1 fully saturated rings. The Morgan fingerprint density at radius 2 is 2.09 bits per heavy atom. The minimum absolute atomic E-state index is 0.0842. The van der Waals surface area contributed by atoms with Crippen LogP contribution < -0.4 is 0 Å². The first kappa shape index (κ1) is 17.8. The highest BCUT2D eigenvalue weighted by molar-refractivity contribution is 7.12. The summed E-state index contributed by atoms with van der Waals surface area (Å²) in [5, 5.41) is 10.5. The Labute approximate surface area is 136 Å². The van der Waals surface area contributed by atoms with Crippen LogP contribution >= 0.6 is 11.3 Å². The molecule has 0 bridgehead atoms. The molecule has 0 unspecified atom stereocenters. The number of rotatable bonds is 6. The molecule has 1 aliphatic heterocycles. The lowest BCUT2D eigenvalue weighted by Crippen LogP contribution is -2.42. The third kappa shape index (κ3) is 5.54. The molecular weight excluding hydrogens is 328 g/mol. The number of alkyl halides is 2. The van der Waals surface area contributed by atoms with Gasteiger partial charge in [0.05, 0.1) is 12.5 Å². The molecule has 1 N–H and O–H groups in total. The fourth-order valence-electron chi connectivity index (χ4n) is 2.40. The van der Waals surface area contributed by atoms with Gasteiger partial charge in [-0.2, -0.15) is 0 Å². The molecule has 0 radical (unpaired) electrons. The van der Waals surface area contributed by atoms with E-state index in [4.69, 9.17) is 9.84 Å². The highest BCUT2D eigenvalue weighted by atomic mass is 32.1. The van der Waals surface area contributed by atoms with Crippen molar-refractivity contribution in [2.45, 2.75) is 38.2 Å². The number of ether oxygens (including phenoxy) is 1. The van der Waals surface area contributed by atoms with Gasteiger partial charge in [-0.15, -0.1) is 11.3 Å². The number of hydrogen-bond donors (Lipinski definition) is 1. The molecule has 0 atom stereocenters. The largest absolute Gasteiger partial charge is 0.477 e. The average Bonchev–Trinajstić information content (AvgIpc) is 2.93. The van der Waals surface area contributed by atoms with E-state index in [9.17, 15) is 18.4 Å². The van der Waals surface area contributed by atoms with Crippen molar-refractivity contribution in [2.24, 2.45) is 0 Å². The first-order valence-electron chi connectivity index (χ1n) is 7.32. The Balaban J connectivity index is 1.78. The number of aromatic carboxylic acids is 1. The van der Waals surface area contributed by atoms with Crippen LogP contribution in [0.1, 0.15) is 35.0 Å². The van der Waals surface area contributed by atoms with E-state index in [1.165, 1.54) is 6.07 Å². The Bertz CT molecular complexity index is 562. The minimum Gasteiger partial charge on any atom is -0.477 e. The number of carbonyl (C=O) groups excluding carboxylic acids is 1. The molecule has 5 nitrogen and oxygen atoms in total. The number of carbonyl (C=O) groups is 2. The molecule has 8 heteroatoms. The smallest absolute Gasteiger partial charge is 0.345 e. The van der Waals surface area contributed by atoms with Crippen molar-refractivity contribution in [3.63, 3.8) is 0 Å². The number of nitrogens with zero attached hydrogens (tertiary/aromatic N) is 1. The summed E-state index contributed by atoms with van der Waals surface area (Å²) in [6, 6.07) is 1.50. The highest BCUT2D eigenvalue weighted by Crippen LogP contribution is 2.20. The Morgan fingerprint density at radius 3 is 2.61 bits per heavy atom. The van der Waals surface area contributed by atoms with Crippen LogP contribution in [0.15, 0.2) is 11.4 Å². The van der Waals surface area contributed by atoms with Gasteiger partial charge < -0.3 is 14.7 Å². The number of thiophene rings is 1. The number of halogens is 2. The first-order chi connectivity index (χ1) is 10.7. The molecule has 1 saturated heterocycles. The van der Waals surface area contributed by atoms with Gasteiger partial charge in [0.1, 0.15) is 11.5 Å². The van der Waals surface area contributed by atoms with Gasteiger partial charge in [-0.1, -0.05) is 0 Å². The topological polar surface area (TPSA) is 66.8 Å². The number of piperidine rings is 1. The molecule has 0 aromatic carbocycles. The summed E-state index contributed by atoms with van der Waals surface area (Å²) in [6.45, 7) is 1.15. The van der Waals surface area contributed by atoms with Crippen molar-refractivity contribution in [3.8, 4) is 0 Å². The van der Waals surface area contributed by atoms with Crippen LogP contribution in [0.2, 0.25) is 0 Å². The molecule has 2 heterocycles. The number of likely N-dealkylation sites (tertiary alicyclic amines) is 1. The van der Waals surface area contributed by atoms with Crippen molar-refractivity contribution in [3.05, 3.63) is 21.9 Å². The van der Waals surface area contributed by atoms with Gasteiger partial charge in [0.15, 0.2) is 0 Å². The van der Waals surface area contributed by atoms with E-state index >= 15 is 0 Å². The van der Waals surface area contributed by atoms with Crippen LogP contribution in [-0.4, -0.2) is 53.6 Å². The second-order valence-electron chi connectivity index (χ2n) is 5.76. The number of hydrogen-bond acceptors (Lipinski definition) is 4. The summed E-state index contributed by atoms with van der Waals surface area (Å²) in [6.07, 6.45) is 0.977. The molecule has 1 aromatic rings. The average molecular weight is 347 g/mol. The zero-order chi connectivity index (χ0) is 17.0. The molecule has 2 rings (SSSR count). The minimum atomic E-state index is -2.84. The van der Waals surface area contributed by atoms with Crippen molar-refractivity contribution < 1.29 is 28.2 Å². The predicted molar refractivity (Wildman–Crippen MR) is 81.2 cm³/mol. The second kappa shape index (κ2) is 7.35. The van der Waals surface area contributed by atoms with Gasteiger partial charge in [-0.3, -0.25) is 4.79 Å². The fraction of sp³-hybridized carbons (Fsp3) is 0.600. The van der Waals surface area contributed by atoms with Crippen molar-refractivity contribution in [2.75, 3.05) is 19.7 Å². The van der Waals surface area contributed by atoms with E-state index < -0.39 is 18.5 Å². The fourth-order valence-corrected chi connectivity index (χ4v) is 3.15. The Morgan fingerprint density at radius 1 is 1.43 bits per heavy atom. The zero-order valence-corrected chi connectivity index (χ0v) is 13.6. The third-order valence-corrected chi connectivity index (χ3v) is 4.55. The SMILES string of the molecule is CC(F)(F)COC1CCN(C(=O)Cc2csc(C(=O)O)c2)CC1. The molecule has 0 aliphatic carbocycles. The number of carboxylic acid groups (broad SMARTS) is 1. The maximum Gasteiger partial charge on any atom is 0.345 e. The van der Waals surface area contributed by atoms with Crippen LogP contribution in [0.25, 0.3) is 0 Å². The summed E-state index contributed by atoms with van der Waals surface area (Å²) < 4.78 is 30.7. The summed E-state index contributed by atoms with van der Waals surface area (Å²) in [7, 11) is 0. The molecule has 128 valence electrons. The predicted octanol–water partition coefficient (Wildman–Crippen LogP) is 2.65. The van der Waals surface area contributed by atoms with Gasteiger partial charge in [-0.25, -0.2) is 13.6 Å². The molecule has 1 amide bonds. The van der Waals surface area contributed by atoms with Crippen LogP contribution in [0.4, 0.5) is 8.78 Å². The summed E-state index contributed by atoms with van der Waals surface area (Å²) >= 11 is 1.09. The molecule has 0 saturated carbocycles. The van der Waals surface area contributed by atoms with Crippen molar-refractivity contribution in [1.82, 2.24) is 4.90 Å². The lowest BCUT2D eigenvalue weighted by molar-refractivity contribution is -0.135. The normalized spacial score (nSPS) is 16.6. The van der Waals surface area contributed by atoms with Crippen LogP contribution in [0, 0.1) is 0 Å². The van der Waals surface area contributed by atoms with E-state index in [1.54, 1.807) is 10.3 Å². The molecule has 1 aliphatic rings. The van der Waals surface area contributed by atoms with Gasteiger partial charge in [0.25, 0.3) is 5.92 Å². The van der Waals surface area contributed by atoms with Crippen LogP contribution in [-0.2, 0) is 16.0 Å².